The van der Waals surface area contributed by atoms with Crippen molar-refractivity contribution in [3.05, 3.63) is 83.6 Å². The highest BCUT2D eigenvalue weighted by Gasteiger charge is 2.28. The molecule has 7 heteroatoms. The third-order valence-electron chi connectivity index (χ3n) is 5.54. The summed E-state index contributed by atoms with van der Waals surface area (Å²) in [6.07, 6.45) is 7.64. The van der Waals surface area contributed by atoms with Gasteiger partial charge in [-0.1, -0.05) is 18.2 Å². The molecule has 0 radical (unpaired) electrons. The molecule has 1 fully saturated rings. The number of carbonyl (C=O) groups is 1. The Morgan fingerprint density at radius 1 is 1.26 bits per heavy atom. The number of carbonyl (C=O) groups excluding carboxylic acids is 1. The lowest BCUT2D eigenvalue weighted by Gasteiger charge is -2.32. The Kier molecular flexibility index (Phi) is 6.72. The molecule has 31 heavy (non-hydrogen) atoms. The molecule has 0 spiro atoms. The maximum Gasteiger partial charge on any atom is 0.236 e. The first-order chi connectivity index (χ1) is 15.1. The number of likely N-dealkylation sites (tertiary alicyclic amines) is 1. The van der Waals surface area contributed by atoms with Gasteiger partial charge < -0.3 is 9.32 Å². The van der Waals surface area contributed by atoms with E-state index >= 15 is 0 Å². The molecule has 0 bridgehead atoms. The van der Waals surface area contributed by atoms with E-state index in [0.29, 0.717) is 37.7 Å². The van der Waals surface area contributed by atoms with E-state index in [1.165, 1.54) is 12.1 Å². The lowest BCUT2D eigenvalue weighted by atomic mass is 9.98. The SMILES string of the molecule is CN(CC(=O)N1CCC[C@@H](c2ncc(Cc3cccc(F)c3)o2)C1)Cc1cccnc1. The summed E-state index contributed by atoms with van der Waals surface area (Å²) in [5, 5.41) is 0. The molecule has 1 aliphatic rings. The number of aromatic nitrogens is 2. The van der Waals surface area contributed by atoms with Crippen LogP contribution in [0.3, 0.4) is 0 Å². The van der Waals surface area contributed by atoms with Gasteiger partial charge in [-0.3, -0.25) is 14.7 Å². The van der Waals surface area contributed by atoms with E-state index in [1.807, 2.05) is 41.2 Å². The molecule has 162 valence electrons. The van der Waals surface area contributed by atoms with Crippen molar-refractivity contribution in [2.45, 2.75) is 31.7 Å². The monoisotopic (exact) mass is 422 g/mol. The number of benzene rings is 1. The van der Waals surface area contributed by atoms with E-state index in [4.69, 9.17) is 4.42 Å². The Balaban J connectivity index is 1.33. The highest BCUT2D eigenvalue weighted by atomic mass is 19.1. The Bertz CT molecular complexity index is 1010. The zero-order chi connectivity index (χ0) is 21.6. The summed E-state index contributed by atoms with van der Waals surface area (Å²) in [5.41, 5.74) is 1.93. The maximum absolute atomic E-state index is 13.4. The van der Waals surface area contributed by atoms with Crippen LogP contribution in [0.4, 0.5) is 4.39 Å². The molecule has 0 unspecified atom stereocenters. The predicted molar refractivity (Wildman–Crippen MR) is 115 cm³/mol. The number of nitrogens with zero attached hydrogens (tertiary/aromatic N) is 4. The molecular weight excluding hydrogens is 395 g/mol. The lowest BCUT2D eigenvalue weighted by molar-refractivity contribution is -0.133. The van der Waals surface area contributed by atoms with E-state index in [9.17, 15) is 9.18 Å². The summed E-state index contributed by atoms with van der Waals surface area (Å²) in [6, 6.07) is 10.4. The van der Waals surface area contributed by atoms with Crippen molar-refractivity contribution in [3.8, 4) is 0 Å². The number of amides is 1. The fourth-order valence-electron chi connectivity index (χ4n) is 4.04. The van der Waals surface area contributed by atoms with Gasteiger partial charge in [0, 0.05) is 38.4 Å². The number of oxazole rings is 1. The normalized spacial score (nSPS) is 16.6. The fourth-order valence-corrected chi connectivity index (χ4v) is 4.04. The molecule has 6 nitrogen and oxygen atoms in total. The van der Waals surface area contributed by atoms with Gasteiger partial charge in [-0.15, -0.1) is 0 Å². The summed E-state index contributed by atoms with van der Waals surface area (Å²) in [4.78, 5) is 25.3. The van der Waals surface area contributed by atoms with Crippen LogP contribution in [0.2, 0.25) is 0 Å². The zero-order valence-corrected chi connectivity index (χ0v) is 17.7. The van der Waals surface area contributed by atoms with E-state index in [1.54, 1.807) is 18.5 Å². The van der Waals surface area contributed by atoms with Gasteiger partial charge in [-0.05, 0) is 49.2 Å². The first kappa shape index (κ1) is 21.2. The number of piperidine rings is 1. The van der Waals surface area contributed by atoms with Gasteiger partial charge in [0.1, 0.15) is 11.6 Å². The van der Waals surface area contributed by atoms with Crippen molar-refractivity contribution in [1.82, 2.24) is 19.8 Å². The molecule has 1 amide bonds. The quantitative estimate of drug-likeness (QED) is 0.582. The topological polar surface area (TPSA) is 62.5 Å². The molecule has 2 aromatic heterocycles. The molecule has 1 aliphatic heterocycles. The molecule has 0 aliphatic carbocycles. The minimum Gasteiger partial charge on any atom is -0.445 e. The van der Waals surface area contributed by atoms with Crippen molar-refractivity contribution in [2.24, 2.45) is 0 Å². The lowest BCUT2D eigenvalue weighted by Crippen LogP contribution is -2.43. The summed E-state index contributed by atoms with van der Waals surface area (Å²) in [6.45, 7) is 2.41. The minimum atomic E-state index is -0.257. The van der Waals surface area contributed by atoms with Crippen molar-refractivity contribution in [1.29, 1.82) is 0 Å². The van der Waals surface area contributed by atoms with Crippen LogP contribution in [0, 0.1) is 5.82 Å². The van der Waals surface area contributed by atoms with Gasteiger partial charge in [-0.2, -0.15) is 0 Å². The van der Waals surface area contributed by atoms with Gasteiger partial charge in [0.2, 0.25) is 5.91 Å². The largest absolute Gasteiger partial charge is 0.445 e. The van der Waals surface area contributed by atoms with Crippen LogP contribution >= 0.6 is 0 Å². The highest BCUT2D eigenvalue weighted by Crippen LogP contribution is 2.27. The molecular formula is C24H27FN4O2. The molecule has 1 aromatic carbocycles. The van der Waals surface area contributed by atoms with Crippen molar-refractivity contribution < 1.29 is 13.6 Å². The Morgan fingerprint density at radius 3 is 2.94 bits per heavy atom. The van der Waals surface area contributed by atoms with Gasteiger partial charge in [0.15, 0.2) is 5.89 Å². The van der Waals surface area contributed by atoms with Crippen molar-refractivity contribution in [3.63, 3.8) is 0 Å². The van der Waals surface area contributed by atoms with Crippen molar-refractivity contribution >= 4 is 5.91 Å². The number of likely N-dealkylation sites (N-methyl/N-ethyl adjacent to an activating group) is 1. The Hall–Kier alpha value is -3.06. The third kappa shape index (κ3) is 5.76. The van der Waals surface area contributed by atoms with Crippen LogP contribution in [0.1, 0.15) is 41.5 Å². The van der Waals surface area contributed by atoms with Crippen LogP contribution in [0.15, 0.2) is 59.4 Å². The predicted octanol–water partition coefficient (Wildman–Crippen LogP) is 3.64. The number of hydrogen-bond acceptors (Lipinski definition) is 5. The fraction of sp³-hybridized carbons (Fsp3) is 0.375. The number of halogens is 1. The second-order valence-corrected chi connectivity index (χ2v) is 8.18. The maximum atomic E-state index is 13.4. The van der Waals surface area contributed by atoms with E-state index in [0.717, 1.165) is 30.5 Å². The van der Waals surface area contributed by atoms with Gasteiger partial charge in [-0.25, -0.2) is 9.37 Å². The number of pyridine rings is 1. The van der Waals surface area contributed by atoms with Gasteiger partial charge >= 0.3 is 0 Å². The van der Waals surface area contributed by atoms with E-state index < -0.39 is 0 Å². The molecule has 0 N–H and O–H groups in total. The molecule has 3 aromatic rings. The van der Waals surface area contributed by atoms with Crippen molar-refractivity contribution in [2.75, 3.05) is 26.7 Å². The average molecular weight is 423 g/mol. The smallest absolute Gasteiger partial charge is 0.236 e. The minimum absolute atomic E-state index is 0.0857. The van der Waals surface area contributed by atoms with Crippen LogP contribution in [0.25, 0.3) is 0 Å². The number of hydrogen-bond donors (Lipinski definition) is 0. The van der Waals surface area contributed by atoms with Crippen LogP contribution in [-0.4, -0.2) is 52.4 Å². The third-order valence-corrected chi connectivity index (χ3v) is 5.54. The van der Waals surface area contributed by atoms with Gasteiger partial charge in [0.05, 0.1) is 18.7 Å². The molecule has 0 saturated carbocycles. The number of rotatable bonds is 7. The molecule has 1 atom stereocenters. The van der Waals surface area contributed by atoms with Crippen LogP contribution in [0.5, 0.6) is 0 Å². The second-order valence-electron chi connectivity index (χ2n) is 8.18. The summed E-state index contributed by atoms with van der Waals surface area (Å²) >= 11 is 0. The first-order valence-electron chi connectivity index (χ1n) is 10.6. The summed E-state index contributed by atoms with van der Waals surface area (Å²) in [7, 11) is 1.94. The zero-order valence-electron chi connectivity index (χ0n) is 17.7. The van der Waals surface area contributed by atoms with E-state index in [2.05, 4.69) is 9.97 Å². The summed E-state index contributed by atoms with van der Waals surface area (Å²) in [5.74, 6) is 1.31. The Morgan fingerprint density at radius 2 is 2.13 bits per heavy atom. The standard InChI is InChI=1S/C24H27FN4O2/c1-28(15-19-6-3-9-26-13-19)17-23(30)29-10-4-7-20(16-29)24-27-14-22(31-24)12-18-5-2-8-21(25)11-18/h2-3,5-6,8-9,11,13-14,20H,4,7,10,12,15-17H2,1H3/t20-/m1/s1. The van der Waals surface area contributed by atoms with E-state index in [-0.39, 0.29) is 17.6 Å². The average Bonchev–Trinajstić information content (AvgIpc) is 3.23. The molecule has 3 heterocycles. The molecule has 4 rings (SSSR count). The first-order valence-corrected chi connectivity index (χ1v) is 10.6. The highest BCUT2D eigenvalue weighted by molar-refractivity contribution is 5.78. The summed E-state index contributed by atoms with van der Waals surface area (Å²) < 4.78 is 19.4. The van der Waals surface area contributed by atoms with Crippen LogP contribution in [-0.2, 0) is 17.8 Å². The Labute approximate surface area is 181 Å². The second kappa shape index (κ2) is 9.83. The van der Waals surface area contributed by atoms with Crippen LogP contribution < -0.4 is 0 Å². The van der Waals surface area contributed by atoms with Gasteiger partial charge in [0.25, 0.3) is 0 Å². The molecule has 1 saturated heterocycles.